The number of hydrogen-bond acceptors (Lipinski definition) is 4. The van der Waals surface area contributed by atoms with Crippen molar-refractivity contribution in [3.63, 3.8) is 0 Å². The molecule has 1 heterocycles. The number of aromatic hydroxyl groups is 1. The zero-order chi connectivity index (χ0) is 21.3. The fraction of sp³-hybridized carbons (Fsp3) is 0.0833. The lowest BCUT2D eigenvalue weighted by atomic mass is 10.1. The second-order valence-electron chi connectivity index (χ2n) is 6.95. The maximum Gasteiger partial charge on any atom is 0.231 e. The molecule has 0 saturated carbocycles. The number of aromatic nitrogens is 1. The second kappa shape index (κ2) is 8.34. The largest absolute Gasteiger partial charge is 0.507 e. The van der Waals surface area contributed by atoms with Crippen LogP contribution >= 0.6 is 23.2 Å². The molecule has 1 aromatic heterocycles. The molecule has 1 N–H and O–H groups in total. The van der Waals surface area contributed by atoms with E-state index in [-0.39, 0.29) is 5.75 Å². The first kappa shape index (κ1) is 20.2. The van der Waals surface area contributed by atoms with E-state index < -0.39 is 0 Å². The van der Waals surface area contributed by atoms with Gasteiger partial charge in [-0.1, -0.05) is 41.4 Å². The van der Waals surface area contributed by atoms with Gasteiger partial charge in [-0.3, -0.25) is 4.99 Å². The number of benzene rings is 3. The summed E-state index contributed by atoms with van der Waals surface area (Å²) in [6.07, 6.45) is 5.28. The lowest BCUT2D eigenvalue weighted by Gasteiger charge is -2.01. The molecule has 0 amide bonds. The van der Waals surface area contributed by atoms with Gasteiger partial charge in [-0.25, -0.2) is 4.98 Å². The highest BCUT2D eigenvalue weighted by atomic mass is 35.5. The molecule has 0 spiro atoms. The van der Waals surface area contributed by atoms with E-state index in [1.165, 1.54) is 0 Å². The van der Waals surface area contributed by atoms with Crippen molar-refractivity contribution in [1.29, 1.82) is 0 Å². The van der Waals surface area contributed by atoms with E-state index in [0.717, 1.165) is 22.2 Å². The quantitative estimate of drug-likeness (QED) is 0.336. The van der Waals surface area contributed by atoms with Crippen LogP contribution in [0.2, 0.25) is 10.0 Å². The molecule has 0 saturated heterocycles. The Morgan fingerprint density at radius 2 is 1.87 bits per heavy atom. The first-order valence-corrected chi connectivity index (χ1v) is 10.0. The summed E-state index contributed by atoms with van der Waals surface area (Å²) in [5.74, 6) is 0.440. The third kappa shape index (κ3) is 4.25. The molecular weight excluding hydrogens is 419 g/mol. The van der Waals surface area contributed by atoms with Gasteiger partial charge < -0.3 is 9.52 Å². The standard InChI is InChI=1S/C24H18Cl2N2O2/c1-14-10-15(2)23-21(11-14)28-24(30-23)19-13-18(7-8-22(19)29)27-9-3-4-16-5-6-17(25)12-20(16)26/h3-13,29H,1-2H3/b4-3+,27-9?. The highest BCUT2D eigenvalue weighted by Gasteiger charge is 2.14. The Morgan fingerprint density at radius 3 is 2.67 bits per heavy atom. The molecule has 0 aliphatic carbocycles. The predicted molar refractivity (Wildman–Crippen MR) is 124 cm³/mol. The molecule has 0 radical (unpaired) electrons. The van der Waals surface area contributed by atoms with E-state index in [0.29, 0.717) is 32.8 Å². The summed E-state index contributed by atoms with van der Waals surface area (Å²) >= 11 is 12.1. The van der Waals surface area contributed by atoms with Gasteiger partial charge in [-0.05, 0) is 73.0 Å². The van der Waals surface area contributed by atoms with Gasteiger partial charge in [0.15, 0.2) is 5.58 Å². The number of aliphatic imine (C=N–C) groups is 1. The summed E-state index contributed by atoms with van der Waals surface area (Å²) in [7, 11) is 0. The van der Waals surface area contributed by atoms with Crippen molar-refractivity contribution in [3.8, 4) is 17.2 Å². The van der Waals surface area contributed by atoms with E-state index in [2.05, 4.69) is 9.98 Å². The van der Waals surface area contributed by atoms with Crippen LogP contribution in [0.1, 0.15) is 16.7 Å². The molecule has 0 unspecified atom stereocenters. The van der Waals surface area contributed by atoms with Gasteiger partial charge in [-0.15, -0.1) is 0 Å². The van der Waals surface area contributed by atoms with Crippen LogP contribution in [0.4, 0.5) is 5.69 Å². The highest BCUT2D eigenvalue weighted by molar-refractivity contribution is 6.35. The Hall–Kier alpha value is -3.08. The third-order valence-corrected chi connectivity index (χ3v) is 5.14. The van der Waals surface area contributed by atoms with Gasteiger partial charge >= 0.3 is 0 Å². The van der Waals surface area contributed by atoms with Gasteiger partial charge in [0.1, 0.15) is 11.3 Å². The molecule has 0 aliphatic heterocycles. The van der Waals surface area contributed by atoms with Crippen LogP contribution in [0.5, 0.6) is 5.75 Å². The zero-order valence-corrected chi connectivity index (χ0v) is 17.9. The number of nitrogens with zero attached hydrogens (tertiary/aromatic N) is 2. The first-order chi connectivity index (χ1) is 14.4. The Balaban J connectivity index is 1.61. The summed E-state index contributed by atoms with van der Waals surface area (Å²) in [4.78, 5) is 8.96. The molecule has 4 rings (SSSR count). The van der Waals surface area contributed by atoms with Crippen molar-refractivity contribution in [2.24, 2.45) is 4.99 Å². The summed E-state index contributed by atoms with van der Waals surface area (Å²) in [6.45, 7) is 3.99. The van der Waals surface area contributed by atoms with Crippen molar-refractivity contribution in [1.82, 2.24) is 4.98 Å². The summed E-state index contributed by atoms with van der Waals surface area (Å²) in [5.41, 5.74) is 5.58. The van der Waals surface area contributed by atoms with Crippen LogP contribution in [-0.4, -0.2) is 16.3 Å². The van der Waals surface area contributed by atoms with E-state index in [1.54, 1.807) is 42.6 Å². The number of aryl methyl sites for hydroxylation is 2. The minimum atomic E-state index is 0.0818. The van der Waals surface area contributed by atoms with Gasteiger partial charge in [0.25, 0.3) is 0 Å². The van der Waals surface area contributed by atoms with Crippen LogP contribution in [0.25, 0.3) is 28.6 Å². The predicted octanol–water partition coefficient (Wildman–Crippen LogP) is 7.54. The second-order valence-corrected chi connectivity index (χ2v) is 7.80. The molecule has 4 aromatic rings. The molecule has 30 heavy (non-hydrogen) atoms. The minimum absolute atomic E-state index is 0.0818. The van der Waals surface area contributed by atoms with E-state index in [4.69, 9.17) is 27.6 Å². The number of allylic oxidation sites excluding steroid dienone is 1. The number of halogens is 2. The Morgan fingerprint density at radius 1 is 1.03 bits per heavy atom. The number of phenols is 1. The van der Waals surface area contributed by atoms with Crippen molar-refractivity contribution < 1.29 is 9.52 Å². The maximum absolute atomic E-state index is 10.3. The van der Waals surface area contributed by atoms with Gasteiger partial charge in [0.05, 0.1) is 11.3 Å². The Kier molecular flexibility index (Phi) is 5.62. The van der Waals surface area contributed by atoms with Crippen LogP contribution in [0.15, 0.2) is 64.0 Å². The minimum Gasteiger partial charge on any atom is -0.507 e. The summed E-state index contributed by atoms with van der Waals surface area (Å²) in [6, 6.07) is 14.3. The number of hydrogen-bond donors (Lipinski definition) is 1. The van der Waals surface area contributed by atoms with E-state index in [1.807, 2.05) is 38.1 Å². The van der Waals surface area contributed by atoms with Crippen molar-refractivity contribution in [2.45, 2.75) is 13.8 Å². The van der Waals surface area contributed by atoms with Gasteiger partial charge in [-0.2, -0.15) is 0 Å². The molecule has 3 aromatic carbocycles. The molecule has 0 atom stereocenters. The number of rotatable bonds is 4. The molecule has 4 nitrogen and oxygen atoms in total. The monoisotopic (exact) mass is 436 g/mol. The molecular formula is C24H18Cl2N2O2. The fourth-order valence-corrected chi connectivity index (χ4v) is 3.65. The third-order valence-electron chi connectivity index (χ3n) is 4.58. The molecule has 0 bridgehead atoms. The number of phenolic OH excluding ortho intramolecular Hbond substituents is 1. The van der Waals surface area contributed by atoms with Crippen molar-refractivity contribution >= 4 is 52.3 Å². The summed E-state index contributed by atoms with van der Waals surface area (Å²) in [5, 5.41) is 11.5. The topological polar surface area (TPSA) is 58.6 Å². The van der Waals surface area contributed by atoms with Crippen molar-refractivity contribution in [3.05, 3.63) is 81.3 Å². The maximum atomic E-state index is 10.3. The Bertz CT molecular complexity index is 1310. The molecule has 0 aliphatic rings. The number of fused-ring (bicyclic) bond motifs is 1. The highest BCUT2D eigenvalue weighted by Crippen LogP contribution is 2.35. The van der Waals surface area contributed by atoms with Gasteiger partial charge in [0, 0.05) is 16.3 Å². The normalized spacial score (nSPS) is 11.9. The fourth-order valence-electron chi connectivity index (χ4n) is 3.18. The first-order valence-electron chi connectivity index (χ1n) is 9.27. The van der Waals surface area contributed by atoms with Crippen LogP contribution in [0, 0.1) is 13.8 Å². The van der Waals surface area contributed by atoms with Crippen LogP contribution < -0.4 is 0 Å². The molecule has 0 fully saturated rings. The van der Waals surface area contributed by atoms with Crippen LogP contribution in [-0.2, 0) is 0 Å². The van der Waals surface area contributed by atoms with Crippen molar-refractivity contribution in [2.75, 3.05) is 0 Å². The van der Waals surface area contributed by atoms with E-state index in [9.17, 15) is 5.11 Å². The zero-order valence-electron chi connectivity index (χ0n) is 16.4. The van der Waals surface area contributed by atoms with Gasteiger partial charge in [0.2, 0.25) is 5.89 Å². The Labute approximate surface area is 184 Å². The lowest BCUT2D eigenvalue weighted by Crippen LogP contribution is -1.80. The molecule has 150 valence electrons. The lowest BCUT2D eigenvalue weighted by molar-refractivity contribution is 0.474. The summed E-state index contributed by atoms with van der Waals surface area (Å²) < 4.78 is 5.92. The SMILES string of the molecule is Cc1cc(C)c2oc(-c3cc(N=C/C=C/c4ccc(Cl)cc4Cl)ccc3O)nc2c1. The molecule has 6 heteroatoms. The van der Waals surface area contributed by atoms with Crippen LogP contribution in [0.3, 0.4) is 0 Å². The number of oxazole rings is 1. The average molecular weight is 437 g/mol. The average Bonchev–Trinajstić information content (AvgIpc) is 3.12. The smallest absolute Gasteiger partial charge is 0.231 e. The van der Waals surface area contributed by atoms with E-state index >= 15 is 0 Å².